The number of carboxylic acid groups (broad SMARTS) is 1. The molecule has 0 aliphatic heterocycles. The summed E-state index contributed by atoms with van der Waals surface area (Å²) in [6, 6.07) is 5.12. The number of hydrogen-bond donors (Lipinski definition) is 3. The lowest BCUT2D eigenvalue weighted by atomic mass is 9.96. The van der Waals surface area contributed by atoms with E-state index < -0.39 is 11.6 Å². The summed E-state index contributed by atoms with van der Waals surface area (Å²) in [7, 11) is 0. The van der Waals surface area contributed by atoms with Crippen molar-refractivity contribution in [1.29, 1.82) is 0 Å². The zero-order chi connectivity index (χ0) is 11.9. The van der Waals surface area contributed by atoms with Crippen molar-refractivity contribution in [2.75, 3.05) is 0 Å². The molecule has 2 aromatic rings. The van der Waals surface area contributed by atoms with Crippen LogP contribution in [0.3, 0.4) is 0 Å². The third-order valence-corrected chi connectivity index (χ3v) is 2.92. The Morgan fingerprint density at radius 3 is 2.81 bits per heavy atom. The van der Waals surface area contributed by atoms with Gasteiger partial charge in [0.05, 0.1) is 10.5 Å². The van der Waals surface area contributed by atoms with E-state index >= 15 is 0 Å². The second-order valence-corrected chi connectivity index (χ2v) is 4.15. The van der Waals surface area contributed by atoms with Crippen LogP contribution in [0.2, 0.25) is 5.02 Å². The fourth-order valence-corrected chi connectivity index (χ4v) is 1.86. The van der Waals surface area contributed by atoms with Crippen molar-refractivity contribution in [1.82, 2.24) is 4.98 Å². The molecule has 0 aliphatic rings. The molecule has 1 heterocycles. The average Bonchev–Trinajstić information content (AvgIpc) is 2.63. The van der Waals surface area contributed by atoms with E-state index in [-0.39, 0.29) is 0 Å². The van der Waals surface area contributed by atoms with Crippen LogP contribution in [0, 0.1) is 0 Å². The van der Waals surface area contributed by atoms with Gasteiger partial charge in [0.2, 0.25) is 0 Å². The standard InChI is InChI=1S/C11H10ClNO3/c1-11(16,10(14)15)7-5-13-9-6(7)3-2-4-8(9)12/h2-5,13,16H,1H3,(H,14,15). The molecule has 0 aliphatic carbocycles. The maximum absolute atomic E-state index is 11.0. The highest BCUT2D eigenvalue weighted by molar-refractivity contribution is 6.35. The molecule has 1 atom stereocenters. The van der Waals surface area contributed by atoms with Gasteiger partial charge >= 0.3 is 5.97 Å². The predicted molar refractivity (Wildman–Crippen MR) is 60.5 cm³/mol. The van der Waals surface area contributed by atoms with Gasteiger partial charge in [0.1, 0.15) is 0 Å². The van der Waals surface area contributed by atoms with Gasteiger partial charge in [-0.3, -0.25) is 0 Å². The van der Waals surface area contributed by atoms with Crippen molar-refractivity contribution in [3.8, 4) is 0 Å². The number of para-hydroxylation sites is 1. The van der Waals surface area contributed by atoms with Crippen LogP contribution in [0.1, 0.15) is 12.5 Å². The summed E-state index contributed by atoms with van der Waals surface area (Å²) in [6.45, 7) is 1.23. The number of H-pyrrole nitrogens is 1. The Labute approximate surface area is 96.5 Å². The Morgan fingerprint density at radius 2 is 2.19 bits per heavy atom. The highest BCUT2D eigenvalue weighted by Crippen LogP contribution is 2.31. The Bertz CT molecular complexity index is 559. The molecule has 0 saturated heterocycles. The maximum atomic E-state index is 11.0. The SMILES string of the molecule is CC(O)(C(=O)O)c1c[nH]c2c(Cl)cccc12. The van der Waals surface area contributed by atoms with Crippen molar-refractivity contribution >= 4 is 28.5 Å². The van der Waals surface area contributed by atoms with E-state index in [2.05, 4.69) is 4.98 Å². The molecule has 0 saturated carbocycles. The molecule has 3 N–H and O–H groups in total. The second-order valence-electron chi connectivity index (χ2n) is 3.74. The molecule has 16 heavy (non-hydrogen) atoms. The first-order valence-electron chi connectivity index (χ1n) is 4.66. The smallest absolute Gasteiger partial charge is 0.340 e. The molecule has 0 fully saturated rings. The summed E-state index contributed by atoms with van der Waals surface area (Å²) >= 11 is 5.94. The molecule has 2 rings (SSSR count). The summed E-state index contributed by atoms with van der Waals surface area (Å²) in [5.41, 5.74) is -0.999. The number of aliphatic hydroxyl groups is 1. The quantitative estimate of drug-likeness (QED) is 0.752. The predicted octanol–water partition coefficient (Wildman–Crippen LogP) is 2.11. The number of carbonyl (C=O) groups is 1. The fraction of sp³-hybridized carbons (Fsp3) is 0.182. The molecular formula is C11H10ClNO3. The zero-order valence-corrected chi connectivity index (χ0v) is 9.25. The number of halogens is 1. The summed E-state index contributed by atoms with van der Waals surface area (Å²) in [5.74, 6) is -1.30. The van der Waals surface area contributed by atoms with Gasteiger partial charge in [0.15, 0.2) is 5.60 Å². The van der Waals surface area contributed by atoms with Gasteiger partial charge in [-0.25, -0.2) is 4.79 Å². The van der Waals surface area contributed by atoms with Crippen LogP contribution in [0.5, 0.6) is 0 Å². The van der Waals surface area contributed by atoms with Crippen LogP contribution in [0.25, 0.3) is 10.9 Å². The van der Waals surface area contributed by atoms with E-state index in [1.807, 2.05) is 0 Å². The van der Waals surface area contributed by atoms with E-state index in [4.69, 9.17) is 16.7 Å². The van der Waals surface area contributed by atoms with E-state index in [0.717, 1.165) is 0 Å². The molecule has 0 radical (unpaired) electrons. The minimum atomic E-state index is -1.93. The zero-order valence-electron chi connectivity index (χ0n) is 8.49. The van der Waals surface area contributed by atoms with Crippen LogP contribution in [0.4, 0.5) is 0 Å². The lowest BCUT2D eigenvalue weighted by Crippen LogP contribution is -2.31. The summed E-state index contributed by atoms with van der Waals surface area (Å²) in [5, 5.41) is 19.9. The first-order chi connectivity index (χ1) is 7.44. The van der Waals surface area contributed by atoms with Crippen molar-refractivity contribution < 1.29 is 15.0 Å². The van der Waals surface area contributed by atoms with Crippen molar-refractivity contribution in [2.24, 2.45) is 0 Å². The molecule has 1 aromatic carbocycles. The van der Waals surface area contributed by atoms with E-state index in [1.165, 1.54) is 13.1 Å². The molecule has 84 valence electrons. The van der Waals surface area contributed by atoms with Crippen LogP contribution >= 0.6 is 11.6 Å². The van der Waals surface area contributed by atoms with Crippen molar-refractivity contribution in [2.45, 2.75) is 12.5 Å². The minimum Gasteiger partial charge on any atom is -0.479 e. The van der Waals surface area contributed by atoms with E-state index in [0.29, 0.717) is 21.5 Å². The molecular weight excluding hydrogens is 230 g/mol. The third kappa shape index (κ3) is 1.47. The first kappa shape index (κ1) is 11.0. The van der Waals surface area contributed by atoms with Crippen LogP contribution in [-0.4, -0.2) is 21.2 Å². The summed E-state index contributed by atoms with van der Waals surface area (Å²) in [4.78, 5) is 13.8. The molecule has 0 spiro atoms. The molecule has 0 amide bonds. The van der Waals surface area contributed by atoms with Crippen LogP contribution in [0.15, 0.2) is 24.4 Å². The van der Waals surface area contributed by atoms with Crippen LogP contribution in [-0.2, 0) is 10.4 Å². The van der Waals surface area contributed by atoms with Crippen LogP contribution < -0.4 is 0 Å². The number of hydrogen-bond acceptors (Lipinski definition) is 2. The number of aliphatic carboxylic acids is 1. The molecule has 5 heteroatoms. The third-order valence-electron chi connectivity index (χ3n) is 2.61. The molecule has 1 unspecified atom stereocenters. The van der Waals surface area contributed by atoms with Crippen molar-refractivity contribution in [3.05, 3.63) is 35.0 Å². The van der Waals surface area contributed by atoms with Gasteiger partial charge in [0, 0.05) is 17.1 Å². The number of aromatic nitrogens is 1. The van der Waals surface area contributed by atoms with E-state index in [9.17, 15) is 9.90 Å². The number of benzene rings is 1. The lowest BCUT2D eigenvalue weighted by molar-refractivity contribution is -0.157. The number of carboxylic acids is 1. The van der Waals surface area contributed by atoms with Gasteiger partial charge < -0.3 is 15.2 Å². The molecule has 0 bridgehead atoms. The van der Waals surface area contributed by atoms with Gasteiger partial charge in [-0.2, -0.15) is 0 Å². The molecule has 1 aromatic heterocycles. The highest BCUT2D eigenvalue weighted by Gasteiger charge is 2.34. The summed E-state index contributed by atoms with van der Waals surface area (Å²) in [6.07, 6.45) is 1.46. The van der Waals surface area contributed by atoms with Gasteiger partial charge in [-0.1, -0.05) is 23.7 Å². The molecule has 4 nitrogen and oxygen atoms in total. The second kappa shape index (κ2) is 3.50. The number of fused-ring (bicyclic) bond motifs is 1. The Balaban J connectivity index is 2.72. The largest absolute Gasteiger partial charge is 0.479 e. The average molecular weight is 240 g/mol. The topological polar surface area (TPSA) is 73.3 Å². The Hall–Kier alpha value is -1.52. The first-order valence-corrected chi connectivity index (χ1v) is 5.04. The Morgan fingerprint density at radius 1 is 1.50 bits per heavy atom. The van der Waals surface area contributed by atoms with Gasteiger partial charge in [-0.15, -0.1) is 0 Å². The van der Waals surface area contributed by atoms with Gasteiger partial charge in [-0.05, 0) is 13.0 Å². The summed E-state index contributed by atoms with van der Waals surface area (Å²) < 4.78 is 0. The number of rotatable bonds is 2. The highest BCUT2D eigenvalue weighted by atomic mass is 35.5. The number of aromatic amines is 1. The normalized spacial score (nSPS) is 14.9. The Kier molecular flexibility index (Phi) is 2.40. The minimum absolute atomic E-state index is 0.303. The maximum Gasteiger partial charge on any atom is 0.340 e. The van der Waals surface area contributed by atoms with E-state index in [1.54, 1.807) is 18.2 Å². The monoisotopic (exact) mass is 239 g/mol. The van der Waals surface area contributed by atoms with Crippen molar-refractivity contribution in [3.63, 3.8) is 0 Å². The number of nitrogens with one attached hydrogen (secondary N) is 1. The lowest BCUT2D eigenvalue weighted by Gasteiger charge is -2.16. The van der Waals surface area contributed by atoms with Gasteiger partial charge in [0.25, 0.3) is 0 Å². The fourth-order valence-electron chi connectivity index (χ4n) is 1.64.